The molecule has 23 heavy (non-hydrogen) atoms. The van der Waals surface area contributed by atoms with Crippen molar-refractivity contribution in [2.75, 3.05) is 6.54 Å². The van der Waals surface area contributed by atoms with Crippen LogP contribution in [0.25, 0.3) is 0 Å². The highest BCUT2D eigenvalue weighted by Gasteiger charge is 2.43. The Morgan fingerprint density at radius 3 is 2.35 bits per heavy atom. The van der Waals surface area contributed by atoms with Gasteiger partial charge in [-0.05, 0) is 32.6 Å². The normalized spacial score (nSPS) is 18.0. The quantitative estimate of drug-likeness (QED) is 0.568. The number of hydrogen-bond acceptors (Lipinski definition) is 4. The number of imide groups is 1. The van der Waals surface area contributed by atoms with Gasteiger partial charge in [-0.3, -0.25) is 14.5 Å². The first-order chi connectivity index (χ1) is 10.5. The largest absolute Gasteiger partial charge is 0.480 e. The van der Waals surface area contributed by atoms with Crippen LogP contribution in [-0.4, -0.2) is 51.9 Å². The van der Waals surface area contributed by atoms with Crippen molar-refractivity contribution in [2.45, 2.75) is 58.5 Å². The van der Waals surface area contributed by atoms with Gasteiger partial charge >= 0.3 is 12.0 Å². The number of hydrogen-bond donors (Lipinski definition) is 3. The first kappa shape index (κ1) is 18.9. The van der Waals surface area contributed by atoms with E-state index in [0.29, 0.717) is 6.42 Å². The number of nitrogens with one attached hydrogen (secondary N) is 2. The molecule has 4 amide bonds. The molecule has 3 N–H and O–H groups in total. The van der Waals surface area contributed by atoms with Crippen LogP contribution in [0, 0.1) is 5.92 Å². The minimum absolute atomic E-state index is 0.0549. The Kier molecular flexibility index (Phi) is 6.12. The van der Waals surface area contributed by atoms with Crippen LogP contribution in [-0.2, 0) is 14.4 Å². The van der Waals surface area contributed by atoms with Crippen LogP contribution >= 0.6 is 0 Å². The Bertz CT molecular complexity index is 501. The number of rotatable bonds is 8. The minimum Gasteiger partial charge on any atom is -0.480 e. The molecule has 0 spiro atoms. The van der Waals surface area contributed by atoms with E-state index in [4.69, 9.17) is 5.11 Å². The van der Waals surface area contributed by atoms with Crippen LogP contribution in [0.3, 0.4) is 0 Å². The molecule has 1 aliphatic heterocycles. The van der Waals surface area contributed by atoms with Gasteiger partial charge in [0.05, 0.1) is 0 Å². The van der Waals surface area contributed by atoms with Crippen LogP contribution in [0.5, 0.6) is 0 Å². The van der Waals surface area contributed by atoms with E-state index in [0.717, 1.165) is 4.90 Å². The van der Waals surface area contributed by atoms with Gasteiger partial charge in [-0.25, -0.2) is 9.59 Å². The number of aliphatic carboxylic acids is 1. The molecule has 1 unspecified atom stereocenters. The maximum absolute atomic E-state index is 12.0. The van der Waals surface area contributed by atoms with Gasteiger partial charge in [0.2, 0.25) is 5.91 Å². The summed E-state index contributed by atoms with van der Waals surface area (Å²) in [6.45, 7) is 7.11. The van der Waals surface area contributed by atoms with E-state index in [2.05, 4.69) is 10.6 Å². The lowest BCUT2D eigenvalue weighted by Gasteiger charge is -2.17. The van der Waals surface area contributed by atoms with Crippen LogP contribution < -0.4 is 10.6 Å². The minimum atomic E-state index is -1.07. The van der Waals surface area contributed by atoms with Gasteiger partial charge in [0.25, 0.3) is 5.91 Å². The van der Waals surface area contributed by atoms with E-state index in [1.165, 1.54) is 0 Å². The van der Waals surface area contributed by atoms with Gasteiger partial charge in [0, 0.05) is 13.0 Å². The number of nitrogens with zero attached hydrogens (tertiary/aromatic N) is 1. The summed E-state index contributed by atoms with van der Waals surface area (Å²) in [5.74, 6) is -1.65. The average molecular weight is 327 g/mol. The van der Waals surface area contributed by atoms with Crippen molar-refractivity contribution in [1.29, 1.82) is 0 Å². The van der Waals surface area contributed by atoms with Gasteiger partial charge < -0.3 is 15.7 Å². The van der Waals surface area contributed by atoms with E-state index >= 15 is 0 Å². The molecule has 0 radical (unpaired) electrons. The third-order valence-electron chi connectivity index (χ3n) is 3.57. The Morgan fingerprint density at radius 1 is 1.30 bits per heavy atom. The first-order valence-corrected chi connectivity index (χ1v) is 7.71. The van der Waals surface area contributed by atoms with Crippen molar-refractivity contribution < 1.29 is 24.3 Å². The molecule has 0 saturated carbocycles. The summed E-state index contributed by atoms with van der Waals surface area (Å²) in [5, 5.41) is 14.1. The second-order valence-electron chi connectivity index (χ2n) is 6.70. The fourth-order valence-corrected chi connectivity index (χ4v) is 2.38. The monoisotopic (exact) mass is 327 g/mol. The Morgan fingerprint density at radius 2 is 1.91 bits per heavy atom. The highest BCUT2D eigenvalue weighted by Crippen LogP contribution is 2.17. The van der Waals surface area contributed by atoms with Crippen molar-refractivity contribution >= 4 is 23.8 Å². The summed E-state index contributed by atoms with van der Waals surface area (Å²) in [4.78, 5) is 47.6. The highest BCUT2D eigenvalue weighted by molar-refractivity contribution is 6.06. The fourth-order valence-electron chi connectivity index (χ4n) is 2.38. The summed E-state index contributed by atoms with van der Waals surface area (Å²) < 4.78 is 0. The molecular formula is C15H25N3O5. The molecule has 1 rings (SSSR count). The van der Waals surface area contributed by atoms with Gasteiger partial charge in [-0.1, -0.05) is 13.8 Å². The number of carboxylic acids is 1. The van der Waals surface area contributed by atoms with E-state index < -0.39 is 29.5 Å². The molecule has 1 atom stereocenters. The molecule has 1 aliphatic rings. The van der Waals surface area contributed by atoms with Crippen LogP contribution in [0.1, 0.15) is 47.0 Å². The molecular weight excluding hydrogens is 302 g/mol. The second-order valence-corrected chi connectivity index (χ2v) is 6.70. The lowest BCUT2D eigenvalue weighted by molar-refractivity contribution is -0.142. The molecule has 8 nitrogen and oxygen atoms in total. The lowest BCUT2D eigenvalue weighted by atomic mass is 10.0. The molecule has 0 aromatic rings. The SMILES string of the molecule is CC(C)CC(NC(=O)CCCN1C(=O)NC(C)(C)C1=O)C(=O)O. The topological polar surface area (TPSA) is 116 Å². The summed E-state index contributed by atoms with van der Waals surface area (Å²) in [6, 6.07) is -1.39. The van der Waals surface area contributed by atoms with Crippen LogP contribution in [0.15, 0.2) is 0 Å². The van der Waals surface area contributed by atoms with Crippen molar-refractivity contribution in [3.8, 4) is 0 Å². The summed E-state index contributed by atoms with van der Waals surface area (Å²) >= 11 is 0. The van der Waals surface area contributed by atoms with Crippen LogP contribution in [0.2, 0.25) is 0 Å². The first-order valence-electron chi connectivity index (χ1n) is 7.71. The van der Waals surface area contributed by atoms with Crippen LogP contribution in [0.4, 0.5) is 4.79 Å². The molecule has 1 saturated heterocycles. The molecule has 8 heteroatoms. The summed E-state index contributed by atoms with van der Waals surface area (Å²) in [6.07, 6.45) is 0.691. The van der Waals surface area contributed by atoms with Crippen molar-refractivity contribution in [3.63, 3.8) is 0 Å². The highest BCUT2D eigenvalue weighted by atomic mass is 16.4. The average Bonchev–Trinajstić information content (AvgIpc) is 2.59. The molecule has 0 aromatic heterocycles. The Labute approximate surface area is 135 Å². The van der Waals surface area contributed by atoms with E-state index in [-0.39, 0.29) is 31.2 Å². The second kappa shape index (κ2) is 7.43. The zero-order valence-electron chi connectivity index (χ0n) is 14.0. The molecule has 1 heterocycles. The zero-order chi connectivity index (χ0) is 17.8. The lowest BCUT2D eigenvalue weighted by Crippen LogP contribution is -2.42. The van der Waals surface area contributed by atoms with Crippen molar-refractivity contribution in [2.24, 2.45) is 5.92 Å². The number of urea groups is 1. The van der Waals surface area contributed by atoms with Gasteiger partial charge in [-0.2, -0.15) is 0 Å². The van der Waals surface area contributed by atoms with Gasteiger partial charge in [0.15, 0.2) is 0 Å². The van der Waals surface area contributed by atoms with Crippen molar-refractivity contribution in [3.05, 3.63) is 0 Å². The smallest absolute Gasteiger partial charge is 0.326 e. The molecule has 0 aliphatic carbocycles. The number of carboxylic acid groups (broad SMARTS) is 1. The third-order valence-corrected chi connectivity index (χ3v) is 3.57. The van der Waals surface area contributed by atoms with Gasteiger partial charge in [-0.15, -0.1) is 0 Å². The number of carbonyl (C=O) groups excluding carboxylic acids is 3. The number of carbonyl (C=O) groups is 4. The number of amides is 4. The Balaban J connectivity index is 2.43. The molecule has 130 valence electrons. The van der Waals surface area contributed by atoms with E-state index in [9.17, 15) is 19.2 Å². The molecule has 0 bridgehead atoms. The summed E-state index contributed by atoms with van der Waals surface area (Å²) in [7, 11) is 0. The third kappa shape index (κ3) is 5.22. The van der Waals surface area contributed by atoms with Crippen molar-refractivity contribution in [1.82, 2.24) is 15.5 Å². The molecule has 0 aromatic carbocycles. The van der Waals surface area contributed by atoms with Gasteiger partial charge in [0.1, 0.15) is 11.6 Å². The van der Waals surface area contributed by atoms with E-state index in [1.807, 2.05) is 13.8 Å². The van der Waals surface area contributed by atoms with E-state index in [1.54, 1.807) is 13.8 Å². The maximum atomic E-state index is 12.0. The predicted molar refractivity (Wildman–Crippen MR) is 82.6 cm³/mol. The summed E-state index contributed by atoms with van der Waals surface area (Å²) in [5.41, 5.74) is -0.926. The molecule has 1 fully saturated rings. The zero-order valence-corrected chi connectivity index (χ0v) is 14.0. The predicted octanol–water partition coefficient (Wildman–Crippen LogP) is 0.713. The Hall–Kier alpha value is -2.12. The fraction of sp³-hybridized carbons (Fsp3) is 0.733. The standard InChI is InChI=1S/C15H25N3O5/c1-9(2)8-10(12(20)21)16-11(19)6-5-7-18-13(22)15(3,4)17-14(18)23/h9-10H,5-8H2,1-4H3,(H,16,19)(H,17,23)(H,20,21). The maximum Gasteiger partial charge on any atom is 0.326 e.